The van der Waals surface area contributed by atoms with Gasteiger partial charge in [-0.1, -0.05) is 11.6 Å². The van der Waals surface area contributed by atoms with Gasteiger partial charge in [0.1, 0.15) is 11.3 Å². The molecule has 0 amide bonds. The Kier molecular flexibility index (Phi) is 2.72. The minimum atomic E-state index is -0.978. The first-order valence-electron chi connectivity index (χ1n) is 3.33. The van der Waals surface area contributed by atoms with Gasteiger partial charge in [0.15, 0.2) is 5.82 Å². The van der Waals surface area contributed by atoms with Gasteiger partial charge in [0.05, 0.1) is 12.1 Å². The second kappa shape index (κ2) is 3.62. The van der Waals surface area contributed by atoms with E-state index in [9.17, 15) is 9.18 Å². The highest BCUT2D eigenvalue weighted by molar-refractivity contribution is 6.31. The van der Waals surface area contributed by atoms with E-state index in [1.165, 1.54) is 0 Å². The fourth-order valence-corrected chi connectivity index (χ4v) is 0.994. The van der Waals surface area contributed by atoms with Gasteiger partial charge in [-0.05, 0) is 12.1 Å². The van der Waals surface area contributed by atoms with Crippen molar-refractivity contribution < 1.29 is 19.0 Å². The molecule has 0 spiro atoms. The fourth-order valence-electron chi connectivity index (χ4n) is 0.837. The number of phenolic OH excluding ortho intramolecular Hbond substituents is 1. The maximum atomic E-state index is 13.1. The lowest BCUT2D eigenvalue weighted by Gasteiger charge is -2.04. The molecule has 5 heteroatoms. The van der Waals surface area contributed by atoms with Crippen molar-refractivity contribution in [2.45, 2.75) is 0 Å². The average molecular weight is 205 g/mol. The standard InChI is InChI=1S/C8H6ClFO3/c1-13-8(12)6-5(11)3-2-4(9)7(6)10/h2-3,11H,1H3. The van der Waals surface area contributed by atoms with Crippen molar-refractivity contribution in [2.24, 2.45) is 0 Å². The van der Waals surface area contributed by atoms with E-state index in [1.807, 2.05) is 0 Å². The van der Waals surface area contributed by atoms with Crippen LogP contribution in [0.5, 0.6) is 5.75 Å². The molecule has 70 valence electrons. The van der Waals surface area contributed by atoms with E-state index in [1.54, 1.807) is 0 Å². The summed E-state index contributed by atoms with van der Waals surface area (Å²) in [6.07, 6.45) is 0. The largest absolute Gasteiger partial charge is 0.507 e. The molecule has 0 aliphatic carbocycles. The number of hydrogen-bond acceptors (Lipinski definition) is 3. The van der Waals surface area contributed by atoms with E-state index in [0.29, 0.717) is 0 Å². The Balaban J connectivity index is 3.33. The lowest BCUT2D eigenvalue weighted by atomic mass is 10.2. The number of carbonyl (C=O) groups is 1. The first-order valence-corrected chi connectivity index (χ1v) is 3.71. The zero-order chi connectivity index (χ0) is 10.0. The quantitative estimate of drug-likeness (QED) is 0.712. The molecular formula is C8H6ClFO3. The van der Waals surface area contributed by atoms with Crippen LogP contribution in [0.15, 0.2) is 12.1 Å². The van der Waals surface area contributed by atoms with Crippen LogP contribution in [-0.4, -0.2) is 18.2 Å². The average Bonchev–Trinajstić information content (AvgIpc) is 2.12. The molecule has 0 saturated carbocycles. The number of aromatic hydroxyl groups is 1. The summed E-state index contributed by atoms with van der Waals surface area (Å²) < 4.78 is 17.4. The van der Waals surface area contributed by atoms with Crippen LogP contribution in [0.4, 0.5) is 4.39 Å². The molecule has 3 nitrogen and oxygen atoms in total. The Morgan fingerprint density at radius 2 is 2.23 bits per heavy atom. The van der Waals surface area contributed by atoms with Crippen LogP contribution in [0.25, 0.3) is 0 Å². The first kappa shape index (κ1) is 9.80. The predicted octanol–water partition coefficient (Wildman–Crippen LogP) is 1.97. The molecule has 0 aromatic heterocycles. The molecule has 1 rings (SSSR count). The van der Waals surface area contributed by atoms with Crippen molar-refractivity contribution in [3.05, 3.63) is 28.5 Å². The Hall–Kier alpha value is -1.29. The lowest BCUT2D eigenvalue weighted by Crippen LogP contribution is -2.05. The van der Waals surface area contributed by atoms with Crippen molar-refractivity contribution in [1.82, 2.24) is 0 Å². The molecule has 0 bridgehead atoms. The predicted molar refractivity (Wildman–Crippen MR) is 44.4 cm³/mol. The van der Waals surface area contributed by atoms with Gasteiger partial charge in [-0.25, -0.2) is 9.18 Å². The molecule has 0 saturated heterocycles. The Morgan fingerprint density at radius 3 is 2.77 bits per heavy atom. The second-order valence-electron chi connectivity index (χ2n) is 2.25. The molecule has 0 aliphatic heterocycles. The minimum Gasteiger partial charge on any atom is -0.507 e. The number of esters is 1. The second-order valence-corrected chi connectivity index (χ2v) is 2.65. The van der Waals surface area contributed by atoms with Crippen LogP contribution in [-0.2, 0) is 4.74 Å². The lowest BCUT2D eigenvalue weighted by molar-refractivity contribution is 0.0592. The minimum absolute atomic E-state index is 0.238. The van der Waals surface area contributed by atoms with E-state index >= 15 is 0 Å². The third-order valence-corrected chi connectivity index (χ3v) is 1.75. The molecule has 0 aliphatic rings. The molecule has 13 heavy (non-hydrogen) atoms. The normalized spacial score (nSPS) is 9.77. The molecule has 0 fully saturated rings. The van der Waals surface area contributed by atoms with Gasteiger partial charge in [0.2, 0.25) is 0 Å². The Bertz CT molecular complexity index is 351. The summed E-state index contributed by atoms with van der Waals surface area (Å²) >= 11 is 5.39. The van der Waals surface area contributed by atoms with Crippen molar-refractivity contribution in [3.8, 4) is 5.75 Å². The Morgan fingerprint density at radius 1 is 1.62 bits per heavy atom. The van der Waals surface area contributed by atoms with Gasteiger partial charge in [0.25, 0.3) is 0 Å². The highest BCUT2D eigenvalue weighted by Crippen LogP contribution is 2.26. The molecule has 1 aromatic rings. The number of benzene rings is 1. The van der Waals surface area contributed by atoms with Crippen molar-refractivity contribution in [2.75, 3.05) is 7.11 Å². The van der Waals surface area contributed by atoms with Crippen molar-refractivity contribution in [3.63, 3.8) is 0 Å². The SMILES string of the molecule is COC(=O)c1c(O)ccc(Cl)c1F. The number of rotatable bonds is 1. The van der Waals surface area contributed by atoms with Crippen LogP contribution in [0.3, 0.4) is 0 Å². The van der Waals surface area contributed by atoms with Crippen LogP contribution < -0.4 is 0 Å². The number of ether oxygens (including phenoxy) is 1. The summed E-state index contributed by atoms with van der Waals surface area (Å²) in [5, 5.41) is 8.88. The topological polar surface area (TPSA) is 46.5 Å². The molecular weight excluding hydrogens is 199 g/mol. The van der Waals surface area contributed by atoms with E-state index in [2.05, 4.69) is 4.74 Å². The van der Waals surface area contributed by atoms with Crippen LogP contribution in [0.2, 0.25) is 5.02 Å². The van der Waals surface area contributed by atoms with Gasteiger partial charge < -0.3 is 9.84 Å². The summed E-state index contributed by atoms with van der Waals surface area (Å²) in [4.78, 5) is 10.9. The van der Waals surface area contributed by atoms with E-state index in [-0.39, 0.29) is 5.02 Å². The van der Waals surface area contributed by atoms with Gasteiger partial charge >= 0.3 is 5.97 Å². The summed E-state index contributed by atoms with van der Waals surface area (Å²) in [5.41, 5.74) is -0.546. The summed E-state index contributed by atoms with van der Waals surface area (Å²) in [5.74, 6) is -2.43. The van der Waals surface area contributed by atoms with Gasteiger partial charge in [-0.15, -0.1) is 0 Å². The molecule has 0 unspecified atom stereocenters. The highest BCUT2D eigenvalue weighted by atomic mass is 35.5. The number of hydrogen-bond donors (Lipinski definition) is 1. The maximum Gasteiger partial charge on any atom is 0.344 e. The monoisotopic (exact) mass is 204 g/mol. The van der Waals surface area contributed by atoms with Crippen LogP contribution in [0, 0.1) is 5.82 Å². The van der Waals surface area contributed by atoms with Gasteiger partial charge in [-0.3, -0.25) is 0 Å². The number of halogens is 2. The zero-order valence-corrected chi connectivity index (χ0v) is 7.43. The van der Waals surface area contributed by atoms with E-state index in [4.69, 9.17) is 16.7 Å². The van der Waals surface area contributed by atoms with Gasteiger partial charge in [-0.2, -0.15) is 0 Å². The Labute approximate surface area is 78.7 Å². The van der Waals surface area contributed by atoms with Crippen molar-refractivity contribution >= 4 is 17.6 Å². The molecule has 0 radical (unpaired) electrons. The van der Waals surface area contributed by atoms with Gasteiger partial charge in [0, 0.05) is 0 Å². The highest BCUT2D eigenvalue weighted by Gasteiger charge is 2.19. The maximum absolute atomic E-state index is 13.1. The van der Waals surface area contributed by atoms with Crippen molar-refractivity contribution in [1.29, 1.82) is 0 Å². The first-order chi connectivity index (χ1) is 6.07. The van der Waals surface area contributed by atoms with Crippen LogP contribution >= 0.6 is 11.6 Å². The third kappa shape index (κ3) is 1.72. The molecule has 0 heterocycles. The number of phenols is 1. The summed E-state index contributed by atoms with van der Waals surface area (Å²) in [6, 6.07) is 2.27. The summed E-state index contributed by atoms with van der Waals surface area (Å²) in [7, 11) is 1.09. The number of methoxy groups -OCH3 is 1. The summed E-state index contributed by atoms with van der Waals surface area (Å²) in [6.45, 7) is 0. The zero-order valence-electron chi connectivity index (χ0n) is 6.67. The fraction of sp³-hybridized carbons (Fsp3) is 0.125. The smallest absolute Gasteiger partial charge is 0.344 e. The molecule has 1 N–H and O–H groups in total. The van der Waals surface area contributed by atoms with Crippen LogP contribution in [0.1, 0.15) is 10.4 Å². The third-order valence-electron chi connectivity index (χ3n) is 1.46. The van der Waals surface area contributed by atoms with E-state index in [0.717, 1.165) is 19.2 Å². The number of carbonyl (C=O) groups excluding carboxylic acids is 1. The molecule has 0 atom stereocenters. The molecule has 1 aromatic carbocycles. The van der Waals surface area contributed by atoms with E-state index < -0.39 is 23.1 Å².